The number of ether oxygens (including phenoxy) is 1. The molecule has 0 atom stereocenters. The van der Waals surface area contributed by atoms with Gasteiger partial charge in [-0.15, -0.1) is 0 Å². The van der Waals surface area contributed by atoms with Crippen LogP contribution in [0.1, 0.15) is 15.9 Å². The second-order valence-electron chi connectivity index (χ2n) is 4.48. The summed E-state index contributed by atoms with van der Waals surface area (Å²) in [6, 6.07) is 10.3. The Morgan fingerprint density at radius 2 is 2.00 bits per heavy atom. The molecule has 0 fully saturated rings. The minimum Gasteiger partial charge on any atom is -0.495 e. The molecule has 21 heavy (non-hydrogen) atoms. The molecule has 0 saturated carbocycles. The fraction of sp³-hybridized carbons (Fsp3) is 0.133. The van der Waals surface area contributed by atoms with Crippen LogP contribution in [-0.4, -0.2) is 13.0 Å². The lowest BCUT2D eigenvalue weighted by atomic mass is 10.1. The number of halogens is 1. The van der Waals surface area contributed by atoms with Crippen molar-refractivity contribution in [1.29, 1.82) is 0 Å². The van der Waals surface area contributed by atoms with Crippen molar-refractivity contribution in [3.05, 3.63) is 52.5 Å². The number of hydrogen-bond acceptors (Lipinski definition) is 4. The van der Waals surface area contributed by atoms with E-state index in [0.29, 0.717) is 22.0 Å². The topological polar surface area (TPSA) is 76.4 Å². The van der Waals surface area contributed by atoms with E-state index in [-0.39, 0.29) is 5.91 Å². The van der Waals surface area contributed by atoms with E-state index in [9.17, 15) is 4.79 Å². The van der Waals surface area contributed by atoms with Gasteiger partial charge in [0, 0.05) is 17.3 Å². The number of hydrogen-bond donors (Lipinski definition) is 3. The quantitative estimate of drug-likeness (QED) is 0.599. The van der Waals surface area contributed by atoms with Crippen molar-refractivity contribution in [1.82, 2.24) is 0 Å². The molecule has 1 amide bonds. The zero-order valence-corrected chi connectivity index (χ0v) is 12.5. The Morgan fingerprint density at radius 1 is 1.24 bits per heavy atom. The summed E-state index contributed by atoms with van der Waals surface area (Å²) in [7, 11) is 1.52. The molecule has 6 heteroatoms. The Hall–Kier alpha value is -2.24. The smallest absolute Gasteiger partial charge is 0.255 e. The molecule has 2 rings (SSSR count). The van der Waals surface area contributed by atoms with Crippen LogP contribution in [0.15, 0.2) is 36.4 Å². The van der Waals surface area contributed by atoms with E-state index in [1.165, 1.54) is 7.11 Å². The van der Waals surface area contributed by atoms with Crippen molar-refractivity contribution in [2.45, 2.75) is 6.92 Å². The van der Waals surface area contributed by atoms with E-state index in [1.807, 2.05) is 6.92 Å². The standard InChI is InChI=1S/C15H16ClN3O2/c1-9-7-10(3-6-13(9)19-17)15(20)18-11-4-5-12(16)14(8-11)21-2/h3-8,19H,17H2,1-2H3,(H,18,20). The van der Waals surface area contributed by atoms with Gasteiger partial charge in [0.05, 0.1) is 17.8 Å². The first kappa shape index (κ1) is 15.2. The number of methoxy groups -OCH3 is 1. The molecular formula is C15H16ClN3O2. The van der Waals surface area contributed by atoms with Gasteiger partial charge in [-0.05, 0) is 42.8 Å². The Kier molecular flexibility index (Phi) is 4.67. The predicted molar refractivity (Wildman–Crippen MR) is 84.9 cm³/mol. The second kappa shape index (κ2) is 6.47. The van der Waals surface area contributed by atoms with Gasteiger partial charge in [0.15, 0.2) is 0 Å². The van der Waals surface area contributed by atoms with Gasteiger partial charge in [-0.1, -0.05) is 11.6 Å². The monoisotopic (exact) mass is 305 g/mol. The molecule has 0 heterocycles. The van der Waals surface area contributed by atoms with Gasteiger partial charge in [0.1, 0.15) is 5.75 Å². The van der Waals surface area contributed by atoms with Crippen LogP contribution in [0.3, 0.4) is 0 Å². The van der Waals surface area contributed by atoms with Crippen LogP contribution >= 0.6 is 11.6 Å². The van der Waals surface area contributed by atoms with E-state index in [4.69, 9.17) is 22.2 Å². The molecule has 0 aliphatic rings. The number of benzene rings is 2. The number of nitrogens with two attached hydrogens (primary N) is 1. The molecule has 2 aromatic carbocycles. The summed E-state index contributed by atoms with van der Waals surface area (Å²) >= 11 is 5.95. The molecule has 0 unspecified atom stereocenters. The van der Waals surface area contributed by atoms with E-state index < -0.39 is 0 Å². The highest BCUT2D eigenvalue weighted by molar-refractivity contribution is 6.32. The maximum atomic E-state index is 12.2. The van der Waals surface area contributed by atoms with E-state index >= 15 is 0 Å². The number of aryl methyl sites for hydroxylation is 1. The lowest BCUT2D eigenvalue weighted by Gasteiger charge is -2.10. The van der Waals surface area contributed by atoms with Gasteiger partial charge in [0.25, 0.3) is 5.91 Å². The first-order valence-electron chi connectivity index (χ1n) is 6.27. The van der Waals surface area contributed by atoms with Gasteiger partial charge in [0.2, 0.25) is 0 Å². The van der Waals surface area contributed by atoms with E-state index in [2.05, 4.69) is 10.7 Å². The van der Waals surface area contributed by atoms with Crippen molar-refractivity contribution in [2.24, 2.45) is 5.84 Å². The number of carbonyl (C=O) groups excluding carboxylic acids is 1. The fourth-order valence-electron chi connectivity index (χ4n) is 1.91. The summed E-state index contributed by atoms with van der Waals surface area (Å²) in [6.07, 6.45) is 0. The molecule has 0 radical (unpaired) electrons. The molecule has 0 spiro atoms. The average Bonchev–Trinajstić information content (AvgIpc) is 2.49. The molecule has 5 nitrogen and oxygen atoms in total. The Bertz CT molecular complexity index is 674. The molecule has 4 N–H and O–H groups in total. The summed E-state index contributed by atoms with van der Waals surface area (Å²) in [5.74, 6) is 5.66. The second-order valence-corrected chi connectivity index (χ2v) is 4.88. The number of anilines is 2. The minimum atomic E-state index is -0.217. The third kappa shape index (κ3) is 3.45. The number of nitrogens with one attached hydrogen (secondary N) is 2. The zero-order chi connectivity index (χ0) is 15.4. The molecule has 2 aromatic rings. The lowest BCUT2D eigenvalue weighted by molar-refractivity contribution is 0.102. The minimum absolute atomic E-state index is 0.217. The van der Waals surface area contributed by atoms with Crippen LogP contribution < -0.4 is 21.3 Å². The third-order valence-electron chi connectivity index (χ3n) is 3.05. The zero-order valence-electron chi connectivity index (χ0n) is 11.7. The summed E-state index contributed by atoms with van der Waals surface area (Å²) in [6.45, 7) is 1.87. The average molecular weight is 306 g/mol. The number of nitrogen functional groups attached to an aromatic ring is 1. The van der Waals surface area contributed by atoms with Gasteiger partial charge in [-0.2, -0.15) is 0 Å². The van der Waals surface area contributed by atoms with Gasteiger partial charge < -0.3 is 15.5 Å². The van der Waals surface area contributed by atoms with Gasteiger partial charge >= 0.3 is 0 Å². The maximum Gasteiger partial charge on any atom is 0.255 e. The summed E-state index contributed by atoms with van der Waals surface area (Å²) in [5.41, 5.74) is 5.39. The molecular weight excluding hydrogens is 290 g/mol. The van der Waals surface area contributed by atoms with Crippen LogP contribution in [-0.2, 0) is 0 Å². The van der Waals surface area contributed by atoms with Gasteiger partial charge in [-0.3, -0.25) is 10.6 Å². The Labute approximate surface area is 128 Å². The highest BCUT2D eigenvalue weighted by atomic mass is 35.5. The van der Waals surface area contributed by atoms with Crippen LogP contribution in [0, 0.1) is 6.92 Å². The van der Waals surface area contributed by atoms with E-state index in [0.717, 1.165) is 11.3 Å². The fourth-order valence-corrected chi connectivity index (χ4v) is 2.10. The molecule has 110 valence electrons. The number of carbonyl (C=O) groups is 1. The Balaban J connectivity index is 2.19. The highest BCUT2D eigenvalue weighted by Gasteiger charge is 2.09. The third-order valence-corrected chi connectivity index (χ3v) is 3.37. The van der Waals surface area contributed by atoms with Crippen molar-refractivity contribution in [3.8, 4) is 5.75 Å². The van der Waals surface area contributed by atoms with Crippen LogP contribution in [0.5, 0.6) is 5.75 Å². The van der Waals surface area contributed by atoms with Crippen molar-refractivity contribution in [3.63, 3.8) is 0 Å². The lowest BCUT2D eigenvalue weighted by Crippen LogP contribution is -2.13. The molecule has 0 aliphatic heterocycles. The van der Waals surface area contributed by atoms with E-state index in [1.54, 1.807) is 36.4 Å². The summed E-state index contributed by atoms with van der Waals surface area (Å²) < 4.78 is 5.12. The molecule has 0 saturated heterocycles. The van der Waals surface area contributed by atoms with Crippen molar-refractivity contribution < 1.29 is 9.53 Å². The van der Waals surface area contributed by atoms with Crippen LogP contribution in [0.25, 0.3) is 0 Å². The Morgan fingerprint density at radius 3 is 2.62 bits per heavy atom. The summed E-state index contributed by atoms with van der Waals surface area (Å²) in [4.78, 5) is 12.2. The number of amides is 1. The molecule has 0 aliphatic carbocycles. The first-order chi connectivity index (χ1) is 10.0. The first-order valence-corrected chi connectivity index (χ1v) is 6.65. The number of hydrazine groups is 1. The summed E-state index contributed by atoms with van der Waals surface area (Å²) in [5, 5.41) is 3.29. The SMILES string of the molecule is COc1cc(NC(=O)c2ccc(NN)c(C)c2)ccc1Cl. The number of rotatable bonds is 4. The van der Waals surface area contributed by atoms with Crippen molar-refractivity contribution >= 4 is 28.9 Å². The van der Waals surface area contributed by atoms with Crippen LogP contribution in [0.4, 0.5) is 11.4 Å². The normalized spacial score (nSPS) is 10.1. The largest absolute Gasteiger partial charge is 0.495 e. The molecule has 0 aromatic heterocycles. The van der Waals surface area contributed by atoms with Crippen LogP contribution in [0.2, 0.25) is 5.02 Å². The van der Waals surface area contributed by atoms with Crippen molar-refractivity contribution in [2.75, 3.05) is 17.9 Å². The van der Waals surface area contributed by atoms with Gasteiger partial charge in [-0.25, -0.2) is 0 Å². The predicted octanol–water partition coefficient (Wildman–Crippen LogP) is 3.19. The molecule has 0 bridgehead atoms. The maximum absolute atomic E-state index is 12.2. The highest BCUT2D eigenvalue weighted by Crippen LogP contribution is 2.27.